The van der Waals surface area contributed by atoms with E-state index >= 15 is 0 Å². The highest BCUT2D eigenvalue weighted by atomic mass is 19.4. The molecule has 1 unspecified atom stereocenters. The molecule has 0 aliphatic carbocycles. The highest BCUT2D eigenvalue weighted by Crippen LogP contribution is 2.32. The molecule has 21 heavy (non-hydrogen) atoms. The topological polar surface area (TPSA) is 24.9 Å². The average Bonchev–Trinajstić information content (AvgIpc) is 2.45. The highest BCUT2D eigenvalue weighted by Gasteiger charge is 2.31. The largest absolute Gasteiger partial charge is 0.416 e. The van der Waals surface area contributed by atoms with Crippen LogP contribution in [0, 0.1) is 6.92 Å². The van der Waals surface area contributed by atoms with Crippen molar-refractivity contribution in [1.29, 1.82) is 0 Å². The van der Waals surface area contributed by atoms with Gasteiger partial charge in [-0.15, -0.1) is 0 Å². The van der Waals surface area contributed by atoms with Crippen LogP contribution in [0.15, 0.2) is 42.6 Å². The van der Waals surface area contributed by atoms with Crippen LogP contribution in [0.2, 0.25) is 0 Å². The minimum Gasteiger partial charge on any atom is -0.306 e. The normalized spacial score (nSPS) is 13.2. The predicted molar refractivity (Wildman–Crippen MR) is 75.9 cm³/mol. The third kappa shape index (κ3) is 3.61. The van der Waals surface area contributed by atoms with E-state index in [1.54, 1.807) is 18.3 Å². The summed E-state index contributed by atoms with van der Waals surface area (Å²) in [7, 11) is 0. The second-order valence-electron chi connectivity index (χ2n) is 4.79. The maximum atomic E-state index is 12.9. The maximum Gasteiger partial charge on any atom is 0.416 e. The second-order valence-corrected chi connectivity index (χ2v) is 4.79. The number of nitrogens with zero attached hydrogens (tertiary/aromatic N) is 1. The molecule has 1 atom stereocenters. The van der Waals surface area contributed by atoms with Gasteiger partial charge in [0.1, 0.15) is 0 Å². The van der Waals surface area contributed by atoms with Crippen LogP contribution in [0.25, 0.3) is 0 Å². The molecule has 1 aromatic carbocycles. The number of hydrogen-bond donors (Lipinski definition) is 1. The Morgan fingerprint density at radius 2 is 1.95 bits per heavy atom. The molecule has 0 aliphatic rings. The highest BCUT2D eigenvalue weighted by molar-refractivity contribution is 5.36. The van der Waals surface area contributed by atoms with Gasteiger partial charge < -0.3 is 5.32 Å². The number of rotatable bonds is 4. The van der Waals surface area contributed by atoms with E-state index in [0.29, 0.717) is 12.1 Å². The van der Waals surface area contributed by atoms with E-state index in [2.05, 4.69) is 10.3 Å². The fraction of sp³-hybridized carbons (Fsp3) is 0.312. The third-order valence-electron chi connectivity index (χ3n) is 3.31. The number of nitrogens with one attached hydrogen (secondary N) is 1. The van der Waals surface area contributed by atoms with Crippen LogP contribution in [-0.4, -0.2) is 11.5 Å². The first-order valence-corrected chi connectivity index (χ1v) is 6.75. The Kier molecular flexibility index (Phi) is 4.63. The SMILES string of the molecule is CCNC(c1cccc(C(F)(F)F)c1)c1cccnc1C. The molecule has 2 nitrogen and oxygen atoms in total. The molecule has 0 aliphatic heterocycles. The van der Waals surface area contributed by atoms with E-state index in [-0.39, 0.29) is 6.04 Å². The molecule has 0 saturated heterocycles. The molecule has 2 rings (SSSR count). The van der Waals surface area contributed by atoms with Gasteiger partial charge in [0.2, 0.25) is 0 Å². The predicted octanol–water partition coefficient (Wildman–Crippen LogP) is 4.11. The fourth-order valence-electron chi connectivity index (χ4n) is 2.31. The lowest BCUT2D eigenvalue weighted by atomic mass is 9.96. The van der Waals surface area contributed by atoms with Gasteiger partial charge in [0.05, 0.1) is 11.6 Å². The van der Waals surface area contributed by atoms with Gasteiger partial charge >= 0.3 is 6.18 Å². The van der Waals surface area contributed by atoms with Crippen molar-refractivity contribution in [2.75, 3.05) is 6.54 Å². The van der Waals surface area contributed by atoms with Crippen molar-refractivity contribution in [3.05, 3.63) is 65.0 Å². The van der Waals surface area contributed by atoms with Gasteiger partial charge in [-0.05, 0) is 42.8 Å². The summed E-state index contributed by atoms with van der Waals surface area (Å²) < 4.78 is 38.6. The molecule has 2 aromatic rings. The van der Waals surface area contributed by atoms with E-state index in [9.17, 15) is 13.2 Å². The smallest absolute Gasteiger partial charge is 0.306 e. The molecule has 0 fully saturated rings. The summed E-state index contributed by atoms with van der Waals surface area (Å²) in [6.07, 6.45) is -2.66. The van der Waals surface area contributed by atoms with Crippen molar-refractivity contribution in [2.24, 2.45) is 0 Å². The van der Waals surface area contributed by atoms with Gasteiger partial charge in [-0.3, -0.25) is 4.98 Å². The van der Waals surface area contributed by atoms with Gasteiger partial charge in [0.25, 0.3) is 0 Å². The number of alkyl halides is 3. The van der Waals surface area contributed by atoms with Gasteiger partial charge in [-0.1, -0.05) is 25.1 Å². The first kappa shape index (κ1) is 15.5. The van der Waals surface area contributed by atoms with Crippen LogP contribution >= 0.6 is 0 Å². The zero-order valence-corrected chi connectivity index (χ0v) is 11.9. The molecule has 0 bridgehead atoms. The molecular formula is C16H17F3N2. The van der Waals surface area contributed by atoms with Gasteiger partial charge in [-0.2, -0.15) is 13.2 Å². The van der Waals surface area contributed by atoms with E-state index in [1.807, 2.05) is 19.9 Å². The van der Waals surface area contributed by atoms with Crippen LogP contribution in [0.5, 0.6) is 0 Å². The zero-order chi connectivity index (χ0) is 15.5. The number of aromatic nitrogens is 1. The fourth-order valence-corrected chi connectivity index (χ4v) is 2.31. The minimum absolute atomic E-state index is 0.300. The van der Waals surface area contributed by atoms with Crippen LogP contribution in [0.3, 0.4) is 0 Å². The standard InChI is InChI=1S/C16H17F3N2/c1-3-20-15(14-8-5-9-21-11(14)2)12-6-4-7-13(10-12)16(17,18)19/h4-10,15,20H,3H2,1-2H3. The summed E-state index contributed by atoms with van der Waals surface area (Å²) in [4.78, 5) is 4.22. The summed E-state index contributed by atoms with van der Waals surface area (Å²) in [5.74, 6) is 0. The summed E-state index contributed by atoms with van der Waals surface area (Å²) in [6, 6.07) is 8.80. The molecule has 0 spiro atoms. The molecule has 1 heterocycles. The first-order chi connectivity index (χ1) is 9.93. The van der Waals surface area contributed by atoms with Crippen molar-refractivity contribution < 1.29 is 13.2 Å². The number of pyridine rings is 1. The molecule has 0 radical (unpaired) electrons. The Balaban J connectivity index is 2.46. The number of halogens is 3. The third-order valence-corrected chi connectivity index (χ3v) is 3.31. The number of benzene rings is 1. The summed E-state index contributed by atoms with van der Waals surface area (Å²) in [6.45, 7) is 4.43. The van der Waals surface area contributed by atoms with E-state index in [1.165, 1.54) is 12.1 Å². The van der Waals surface area contributed by atoms with Gasteiger partial charge in [0.15, 0.2) is 0 Å². The lowest BCUT2D eigenvalue weighted by Gasteiger charge is -2.21. The molecule has 5 heteroatoms. The Morgan fingerprint density at radius 1 is 1.19 bits per heavy atom. The maximum absolute atomic E-state index is 12.9. The Morgan fingerprint density at radius 3 is 2.57 bits per heavy atom. The van der Waals surface area contributed by atoms with Crippen LogP contribution in [0.1, 0.15) is 35.3 Å². The van der Waals surface area contributed by atoms with Crippen molar-refractivity contribution in [3.63, 3.8) is 0 Å². The monoisotopic (exact) mass is 294 g/mol. The molecule has 0 saturated carbocycles. The van der Waals surface area contributed by atoms with Crippen molar-refractivity contribution in [3.8, 4) is 0 Å². The van der Waals surface area contributed by atoms with Crippen LogP contribution in [-0.2, 0) is 6.18 Å². The summed E-state index contributed by atoms with van der Waals surface area (Å²) >= 11 is 0. The number of hydrogen-bond acceptors (Lipinski definition) is 2. The average molecular weight is 294 g/mol. The Hall–Kier alpha value is -1.88. The first-order valence-electron chi connectivity index (χ1n) is 6.75. The lowest BCUT2D eigenvalue weighted by Crippen LogP contribution is -2.23. The van der Waals surface area contributed by atoms with Crippen molar-refractivity contribution >= 4 is 0 Å². The zero-order valence-electron chi connectivity index (χ0n) is 11.9. The van der Waals surface area contributed by atoms with Gasteiger partial charge in [-0.25, -0.2) is 0 Å². The van der Waals surface area contributed by atoms with Crippen molar-refractivity contribution in [2.45, 2.75) is 26.1 Å². The molecular weight excluding hydrogens is 277 g/mol. The Labute approximate surface area is 122 Å². The second kappa shape index (κ2) is 6.26. The Bertz CT molecular complexity index is 608. The number of aryl methyl sites for hydroxylation is 1. The molecule has 1 N–H and O–H groups in total. The minimum atomic E-state index is -4.34. The van der Waals surface area contributed by atoms with E-state index < -0.39 is 11.7 Å². The van der Waals surface area contributed by atoms with E-state index in [0.717, 1.165) is 17.3 Å². The summed E-state index contributed by atoms with van der Waals surface area (Å²) in [5.41, 5.74) is 1.65. The van der Waals surface area contributed by atoms with Crippen LogP contribution in [0.4, 0.5) is 13.2 Å². The molecule has 112 valence electrons. The van der Waals surface area contributed by atoms with Crippen molar-refractivity contribution in [1.82, 2.24) is 10.3 Å². The quantitative estimate of drug-likeness (QED) is 0.918. The molecule has 0 amide bonds. The van der Waals surface area contributed by atoms with Gasteiger partial charge in [0, 0.05) is 11.9 Å². The van der Waals surface area contributed by atoms with E-state index in [4.69, 9.17) is 0 Å². The summed E-state index contributed by atoms with van der Waals surface area (Å²) in [5, 5.41) is 3.23. The molecule has 1 aromatic heterocycles. The lowest BCUT2D eigenvalue weighted by molar-refractivity contribution is -0.137. The van der Waals surface area contributed by atoms with Crippen LogP contribution < -0.4 is 5.32 Å².